The third-order valence-corrected chi connectivity index (χ3v) is 6.13. The monoisotopic (exact) mass is 525 g/mol. The van der Waals surface area contributed by atoms with Crippen molar-refractivity contribution < 1.29 is 41.1 Å². The Morgan fingerprint density at radius 1 is 1.00 bits per heavy atom. The molecule has 1 spiro atoms. The Morgan fingerprint density at radius 3 is 2.16 bits per heavy atom. The number of ether oxygens (including phenoxy) is 1. The zero-order valence-electron chi connectivity index (χ0n) is 20.2. The molecule has 37 heavy (non-hydrogen) atoms. The van der Waals surface area contributed by atoms with Gasteiger partial charge in [-0.1, -0.05) is 12.1 Å². The molecule has 2 heterocycles. The Bertz CT molecular complexity index is 1230. The van der Waals surface area contributed by atoms with Crippen molar-refractivity contribution in [2.45, 2.75) is 44.6 Å². The van der Waals surface area contributed by atoms with Gasteiger partial charge in [0.25, 0.3) is 5.91 Å². The molecule has 0 atom stereocenters. The van der Waals surface area contributed by atoms with Crippen molar-refractivity contribution in [1.29, 1.82) is 0 Å². The predicted molar refractivity (Wildman–Crippen MR) is 121 cm³/mol. The second-order valence-corrected chi connectivity index (χ2v) is 10.0. The van der Waals surface area contributed by atoms with E-state index in [1.165, 1.54) is 21.9 Å². The SMILES string of the molecule is CC(C)(C)OC(=O)N1CC2(C1)C(=O)N(c1ccc(F)cc1F)CC(=O)N2Cc1ccc(C(F)(F)F)cc1. The van der Waals surface area contributed by atoms with E-state index in [1.54, 1.807) is 20.8 Å². The van der Waals surface area contributed by atoms with Gasteiger partial charge in [0, 0.05) is 12.6 Å². The molecular formula is C25H24F5N3O4. The summed E-state index contributed by atoms with van der Waals surface area (Å²) in [6, 6.07) is 6.71. The third kappa shape index (κ3) is 5.09. The fraction of sp³-hybridized carbons (Fsp3) is 0.400. The number of alkyl halides is 3. The molecule has 2 aromatic carbocycles. The van der Waals surface area contributed by atoms with Gasteiger partial charge in [-0.05, 0) is 50.6 Å². The van der Waals surface area contributed by atoms with Crippen LogP contribution >= 0.6 is 0 Å². The average Bonchev–Trinajstić information content (AvgIpc) is 2.74. The first-order valence-corrected chi connectivity index (χ1v) is 11.3. The van der Waals surface area contributed by atoms with Gasteiger partial charge < -0.3 is 14.5 Å². The molecule has 7 nitrogen and oxygen atoms in total. The topological polar surface area (TPSA) is 70.2 Å². The maximum absolute atomic E-state index is 14.5. The molecule has 0 radical (unpaired) electrons. The van der Waals surface area contributed by atoms with Gasteiger partial charge in [-0.25, -0.2) is 13.6 Å². The Hall–Kier alpha value is -3.70. The first kappa shape index (κ1) is 26.4. The summed E-state index contributed by atoms with van der Waals surface area (Å²) in [5, 5.41) is 0. The van der Waals surface area contributed by atoms with Gasteiger partial charge in [-0.3, -0.25) is 14.5 Å². The first-order valence-electron chi connectivity index (χ1n) is 11.3. The van der Waals surface area contributed by atoms with Crippen molar-refractivity contribution in [3.63, 3.8) is 0 Å². The van der Waals surface area contributed by atoms with Gasteiger partial charge in [0.05, 0.1) is 24.3 Å². The Kier molecular flexibility index (Phi) is 6.41. The van der Waals surface area contributed by atoms with E-state index in [1.807, 2.05) is 0 Å². The van der Waals surface area contributed by atoms with Crippen LogP contribution in [0.5, 0.6) is 0 Å². The van der Waals surface area contributed by atoms with Crippen LogP contribution in [0, 0.1) is 11.6 Å². The van der Waals surface area contributed by atoms with Gasteiger partial charge in [0.15, 0.2) is 5.54 Å². The number of hydrogen-bond acceptors (Lipinski definition) is 4. The minimum absolute atomic E-state index is 0.218. The minimum atomic E-state index is -4.54. The second kappa shape index (κ2) is 9.00. The van der Waals surface area contributed by atoms with E-state index in [-0.39, 0.29) is 25.3 Å². The normalized spacial score (nSPS) is 17.8. The number of likely N-dealkylation sites (tertiary alicyclic amines) is 1. The number of anilines is 1. The van der Waals surface area contributed by atoms with Crippen molar-refractivity contribution >= 4 is 23.6 Å². The highest BCUT2D eigenvalue weighted by Gasteiger charge is 2.61. The Balaban J connectivity index is 1.66. The molecular weight excluding hydrogens is 501 g/mol. The van der Waals surface area contributed by atoms with Gasteiger partial charge in [0.1, 0.15) is 23.8 Å². The molecule has 198 valence electrons. The Labute approximate surface area is 209 Å². The van der Waals surface area contributed by atoms with Crippen molar-refractivity contribution in [3.8, 4) is 0 Å². The lowest BCUT2D eigenvalue weighted by atomic mass is 9.83. The molecule has 4 rings (SSSR count). The Morgan fingerprint density at radius 2 is 1.62 bits per heavy atom. The molecule has 12 heteroatoms. The van der Waals surface area contributed by atoms with Crippen LogP contribution in [0.25, 0.3) is 0 Å². The molecule has 2 aliphatic rings. The zero-order chi connectivity index (χ0) is 27.3. The fourth-order valence-electron chi connectivity index (χ4n) is 4.36. The van der Waals surface area contributed by atoms with Crippen molar-refractivity contribution in [1.82, 2.24) is 9.80 Å². The van der Waals surface area contributed by atoms with Gasteiger partial charge in [-0.15, -0.1) is 0 Å². The van der Waals surface area contributed by atoms with Crippen LogP contribution in [0.15, 0.2) is 42.5 Å². The molecule has 2 saturated heterocycles. The summed E-state index contributed by atoms with van der Waals surface area (Å²) >= 11 is 0. The molecule has 0 aliphatic carbocycles. The lowest BCUT2D eigenvalue weighted by Crippen LogP contribution is -2.81. The number of rotatable bonds is 3. The molecule has 2 fully saturated rings. The highest BCUT2D eigenvalue weighted by atomic mass is 19.4. The maximum atomic E-state index is 14.5. The summed E-state index contributed by atoms with van der Waals surface area (Å²) in [6.07, 6.45) is -5.27. The number of benzene rings is 2. The van der Waals surface area contributed by atoms with E-state index in [0.717, 1.165) is 29.2 Å². The summed E-state index contributed by atoms with van der Waals surface area (Å²) in [6.45, 7) is 3.64. The van der Waals surface area contributed by atoms with E-state index in [4.69, 9.17) is 4.74 Å². The number of piperazine rings is 1. The summed E-state index contributed by atoms with van der Waals surface area (Å²) in [5.74, 6) is -3.23. The molecule has 0 bridgehead atoms. The molecule has 0 saturated carbocycles. The van der Waals surface area contributed by atoms with Crippen LogP contribution in [-0.4, -0.2) is 58.5 Å². The lowest BCUT2D eigenvalue weighted by molar-refractivity contribution is -0.163. The van der Waals surface area contributed by atoms with Crippen LogP contribution in [0.4, 0.5) is 32.4 Å². The summed E-state index contributed by atoms with van der Waals surface area (Å²) in [7, 11) is 0. The van der Waals surface area contributed by atoms with E-state index < -0.39 is 59.0 Å². The van der Waals surface area contributed by atoms with Crippen LogP contribution in [0.2, 0.25) is 0 Å². The van der Waals surface area contributed by atoms with E-state index in [0.29, 0.717) is 11.6 Å². The molecule has 0 unspecified atom stereocenters. The zero-order valence-corrected chi connectivity index (χ0v) is 20.2. The third-order valence-electron chi connectivity index (χ3n) is 6.13. The number of carbonyl (C=O) groups is 3. The van der Waals surface area contributed by atoms with Crippen LogP contribution in [0.1, 0.15) is 31.9 Å². The predicted octanol–water partition coefficient (Wildman–Crippen LogP) is 4.35. The average molecular weight is 525 g/mol. The number of amides is 3. The van der Waals surface area contributed by atoms with Crippen LogP contribution in [-0.2, 0) is 27.0 Å². The molecule has 0 N–H and O–H groups in total. The van der Waals surface area contributed by atoms with Gasteiger partial charge >= 0.3 is 12.3 Å². The van der Waals surface area contributed by atoms with E-state index in [9.17, 15) is 36.3 Å². The standard InChI is InChI=1S/C25H24F5N3O4/c1-23(2,3)37-22(36)31-13-24(14-31)21(35)32(19-9-8-17(26)10-18(19)27)12-20(34)33(24)11-15-4-6-16(7-5-15)25(28,29)30/h4-10H,11-14H2,1-3H3. The van der Waals surface area contributed by atoms with Crippen molar-refractivity contribution in [2.24, 2.45) is 0 Å². The highest BCUT2D eigenvalue weighted by molar-refractivity contribution is 6.10. The van der Waals surface area contributed by atoms with Crippen LogP contribution in [0.3, 0.4) is 0 Å². The quantitative estimate of drug-likeness (QED) is 0.559. The molecule has 2 aliphatic heterocycles. The van der Waals surface area contributed by atoms with Crippen LogP contribution < -0.4 is 4.90 Å². The number of hydrogen-bond donors (Lipinski definition) is 0. The van der Waals surface area contributed by atoms with E-state index in [2.05, 4.69) is 0 Å². The molecule has 0 aromatic heterocycles. The first-order chi connectivity index (χ1) is 17.1. The van der Waals surface area contributed by atoms with Crippen molar-refractivity contribution in [2.75, 3.05) is 24.5 Å². The summed E-state index contributed by atoms with van der Waals surface area (Å²) in [4.78, 5) is 42.8. The van der Waals surface area contributed by atoms with Crippen molar-refractivity contribution in [3.05, 3.63) is 65.2 Å². The second-order valence-electron chi connectivity index (χ2n) is 10.0. The smallest absolute Gasteiger partial charge is 0.416 e. The number of carbonyl (C=O) groups excluding carboxylic acids is 3. The fourth-order valence-corrected chi connectivity index (χ4v) is 4.36. The number of halogens is 5. The highest BCUT2D eigenvalue weighted by Crippen LogP contribution is 2.38. The summed E-state index contributed by atoms with van der Waals surface area (Å²) in [5.41, 5.74) is -3.29. The van der Waals surface area contributed by atoms with E-state index >= 15 is 0 Å². The van der Waals surface area contributed by atoms with Gasteiger partial charge in [-0.2, -0.15) is 13.2 Å². The van der Waals surface area contributed by atoms with Gasteiger partial charge in [0.2, 0.25) is 5.91 Å². The summed E-state index contributed by atoms with van der Waals surface area (Å²) < 4.78 is 72.2. The molecule has 3 amide bonds. The molecule has 2 aromatic rings. The largest absolute Gasteiger partial charge is 0.444 e. The lowest BCUT2D eigenvalue weighted by Gasteiger charge is -2.57. The number of nitrogens with zero attached hydrogens (tertiary/aromatic N) is 3. The maximum Gasteiger partial charge on any atom is 0.416 e. The minimum Gasteiger partial charge on any atom is -0.444 e.